The van der Waals surface area contributed by atoms with Crippen molar-refractivity contribution in [3.8, 4) is 11.3 Å². The Labute approximate surface area is 154 Å². The van der Waals surface area contributed by atoms with E-state index in [1.54, 1.807) is 0 Å². The standard InChI is InChI=1S/C22H26N2O2/c1-14-6-8-17(15(2)11-14)22-18(5-3-4-10-23)19-12-16(13-21(25)26)7-9-20(19)24-22/h6-9,11-12,24H,3-5,10,13,23H2,1-2H3,(H,25,26). The van der Waals surface area contributed by atoms with Crippen molar-refractivity contribution < 1.29 is 9.90 Å². The normalized spacial score (nSPS) is 11.2. The molecule has 26 heavy (non-hydrogen) atoms. The van der Waals surface area contributed by atoms with Crippen LogP contribution in [0.25, 0.3) is 22.2 Å². The average molecular weight is 350 g/mol. The van der Waals surface area contributed by atoms with Gasteiger partial charge in [-0.2, -0.15) is 0 Å². The lowest BCUT2D eigenvalue weighted by atomic mass is 9.96. The molecule has 4 nitrogen and oxygen atoms in total. The summed E-state index contributed by atoms with van der Waals surface area (Å²) < 4.78 is 0. The van der Waals surface area contributed by atoms with Crippen LogP contribution in [0.2, 0.25) is 0 Å². The number of fused-ring (bicyclic) bond motifs is 1. The number of aromatic nitrogens is 1. The molecule has 0 radical (unpaired) electrons. The van der Waals surface area contributed by atoms with E-state index in [1.165, 1.54) is 22.3 Å². The molecule has 0 atom stereocenters. The van der Waals surface area contributed by atoms with Gasteiger partial charge < -0.3 is 15.8 Å². The van der Waals surface area contributed by atoms with Gasteiger partial charge in [0.05, 0.1) is 6.42 Å². The van der Waals surface area contributed by atoms with Crippen LogP contribution in [0.5, 0.6) is 0 Å². The van der Waals surface area contributed by atoms with E-state index in [4.69, 9.17) is 10.8 Å². The first-order chi connectivity index (χ1) is 12.5. The fourth-order valence-corrected chi connectivity index (χ4v) is 3.61. The van der Waals surface area contributed by atoms with Crippen molar-refractivity contribution in [3.05, 3.63) is 58.7 Å². The second kappa shape index (κ2) is 7.75. The van der Waals surface area contributed by atoms with E-state index in [0.717, 1.165) is 41.4 Å². The number of hydrogen-bond donors (Lipinski definition) is 3. The third-order valence-electron chi connectivity index (χ3n) is 4.86. The highest BCUT2D eigenvalue weighted by Crippen LogP contribution is 2.34. The molecule has 0 fully saturated rings. The van der Waals surface area contributed by atoms with Crippen LogP contribution in [-0.2, 0) is 17.6 Å². The highest BCUT2D eigenvalue weighted by molar-refractivity contribution is 5.92. The molecule has 1 heterocycles. The van der Waals surface area contributed by atoms with Gasteiger partial charge in [-0.3, -0.25) is 4.79 Å². The Morgan fingerprint density at radius 2 is 1.92 bits per heavy atom. The molecule has 0 unspecified atom stereocenters. The van der Waals surface area contributed by atoms with Crippen molar-refractivity contribution in [2.75, 3.05) is 6.54 Å². The molecular weight excluding hydrogens is 324 g/mol. The minimum Gasteiger partial charge on any atom is -0.481 e. The van der Waals surface area contributed by atoms with E-state index in [1.807, 2.05) is 18.2 Å². The molecule has 0 aliphatic heterocycles. The summed E-state index contributed by atoms with van der Waals surface area (Å²) in [5.41, 5.74) is 13.6. The highest BCUT2D eigenvalue weighted by Gasteiger charge is 2.15. The van der Waals surface area contributed by atoms with Crippen LogP contribution in [0.4, 0.5) is 0 Å². The van der Waals surface area contributed by atoms with E-state index in [0.29, 0.717) is 6.54 Å². The quantitative estimate of drug-likeness (QED) is 0.554. The Balaban J connectivity index is 2.13. The third-order valence-corrected chi connectivity index (χ3v) is 4.86. The number of H-pyrrole nitrogens is 1. The van der Waals surface area contributed by atoms with E-state index in [2.05, 4.69) is 37.0 Å². The fourth-order valence-electron chi connectivity index (χ4n) is 3.61. The maximum absolute atomic E-state index is 11.1. The number of hydrogen-bond acceptors (Lipinski definition) is 2. The second-order valence-corrected chi connectivity index (χ2v) is 6.99. The van der Waals surface area contributed by atoms with E-state index < -0.39 is 5.97 Å². The summed E-state index contributed by atoms with van der Waals surface area (Å²) in [7, 11) is 0. The molecule has 2 aromatic carbocycles. The summed E-state index contributed by atoms with van der Waals surface area (Å²) in [6.45, 7) is 4.92. The lowest BCUT2D eigenvalue weighted by molar-refractivity contribution is -0.136. The molecule has 0 spiro atoms. The van der Waals surface area contributed by atoms with Crippen molar-refractivity contribution in [2.45, 2.75) is 39.5 Å². The second-order valence-electron chi connectivity index (χ2n) is 6.99. The van der Waals surface area contributed by atoms with E-state index in [9.17, 15) is 4.79 Å². The fraction of sp³-hybridized carbons (Fsp3) is 0.318. The van der Waals surface area contributed by atoms with Crippen molar-refractivity contribution in [1.82, 2.24) is 4.98 Å². The maximum Gasteiger partial charge on any atom is 0.307 e. The minimum atomic E-state index is -0.806. The van der Waals surface area contributed by atoms with Crippen LogP contribution in [0.15, 0.2) is 36.4 Å². The van der Waals surface area contributed by atoms with Crippen LogP contribution < -0.4 is 5.73 Å². The number of unbranched alkanes of at least 4 members (excludes halogenated alkanes) is 1. The zero-order chi connectivity index (χ0) is 18.7. The van der Waals surface area contributed by atoms with Gasteiger partial charge >= 0.3 is 5.97 Å². The molecule has 3 aromatic rings. The molecule has 0 aliphatic carbocycles. The average Bonchev–Trinajstić information content (AvgIpc) is 2.92. The Kier molecular flexibility index (Phi) is 5.43. The molecule has 0 aliphatic rings. The summed E-state index contributed by atoms with van der Waals surface area (Å²) >= 11 is 0. The Bertz CT molecular complexity index is 941. The predicted molar refractivity (Wildman–Crippen MR) is 107 cm³/mol. The van der Waals surface area contributed by atoms with Gasteiger partial charge in [0, 0.05) is 22.2 Å². The Morgan fingerprint density at radius 3 is 2.62 bits per heavy atom. The minimum absolute atomic E-state index is 0.0439. The Morgan fingerprint density at radius 1 is 1.12 bits per heavy atom. The molecular formula is C22H26N2O2. The van der Waals surface area contributed by atoms with Gasteiger partial charge in [-0.1, -0.05) is 29.8 Å². The number of nitrogens with two attached hydrogens (primary N) is 1. The van der Waals surface area contributed by atoms with Crippen LogP contribution in [0, 0.1) is 13.8 Å². The van der Waals surface area contributed by atoms with E-state index >= 15 is 0 Å². The smallest absolute Gasteiger partial charge is 0.307 e. The molecule has 3 rings (SSSR count). The number of benzene rings is 2. The summed E-state index contributed by atoms with van der Waals surface area (Å²) in [5, 5.41) is 10.2. The maximum atomic E-state index is 11.1. The molecule has 4 heteroatoms. The first kappa shape index (κ1) is 18.2. The SMILES string of the molecule is Cc1ccc(-c2[nH]c3ccc(CC(=O)O)cc3c2CCCCN)c(C)c1. The number of aromatic amines is 1. The summed E-state index contributed by atoms with van der Waals surface area (Å²) in [4.78, 5) is 14.7. The summed E-state index contributed by atoms with van der Waals surface area (Å²) in [6, 6.07) is 12.4. The number of nitrogens with one attached hydrogen (secondary N) is 1. The van der Waals surface area contributed by atoms with Crippen LogP contribution in [0.1, 0.15) is 35.1 Å². The summed E-state index contributed by atoms with van der Waals surface area (Å²) in [6.07, 6.45) is 2.97. The largest absolute Gasteiger partial charge is 0.481 e. The van der Waals surface area contributed by atoms with Crippen molar-refractivity contribution >= 4 is 16.9 Å². The number of carbonyl (C=O) groups is 1. The van der Waals surface area contributed by atoms with Crippen LogP contribution in [-0.4, -0.2) is 22.6 Å². The molecule has 136 valence electrons. The number of carboxylic acid groups (broad SMARTS) is 1. The first-order valence-corrected chi connectivity index (χ1v) is 9.12. The zero-order valence-corrected chi connectivity index (χ0v) is 15.4. The van der Waals surface area contributed by atoms with Crippen molar-refractivity contribution in [1.29, 1.82) is 0 Å². The third kappa shape index (κ3) is 3.81. The number of carboxylic acids is 1. The van der Waals surface area contributed by atoms with Crippen LogP contribution in [0.3, 0.4) is 0 Å². The zero-order valence-electron chi connectivity index (χ0n) is 15.4. The monoisotopic (exact) mass is 350 g/mol. The van der Waals surface area contributed by atoms with Gasteiger partial charge in [0.25, 0.3) is 0 Å². The summed E-state index contributed by atoms with van der Waals surface area (Å²) in [5.74, 6) is -0.806. The number of aryl methyl sites for hydroxylation is 3. The topological polar surface area (TPSA) is 79.1 Å². The van der Waals surface area contributed by atoms with Gasteiger partial charge in [0.1, 0.15) is 0 Å². The number of aliphatic carboxylic acids is 1. The first-order valence-electron chi connectivity index (χ1n) is 9.12. The van der Waals surface area contributed by atoms with Gasteiger partial charge in [-0.05, 0) is 68.5 Å². The predicted octanol–water partition coefficient (Wildman–Crippen LogP) is 4.36. The van der Waals surface area contributed by atoms with Crippen LogP contribution >= 0.6 is 0 Å². The molecule has 0 amide bonds. The van der Waals surface area contributed by atoms with Gasteiger partial charge in [-0.25, -0.2) is 0 Å². The Hall–Kier alpha value is -2.59. The lowest BCUT2D eigenvalue weighted by Crippen LogP contribution is -2.00. The number of rotatable bonds is 7. The highest BCUT2D eigenvalue weighted by atomic mass is 16.4. The molecule has 0 bridgehead atoms. The lowest BCUT2D eigenvalue weighted by Gasteiger charge is -2.09. The molecule has 4 N–H and O–H groups in total. The molecule has 0 saturated carbocycles. The molecule has 0 saturated heterocycles. The van der Waals surface area contributed by atoms with Gasteiger partial charge in [-0.15, -0.1) is 0 Å². The van der Waals surface area contributed by atoms with Gasteiger partial charge in [0.15, 0.2) is 0 Å². The van der Waals surface area contributed by atoms with Gasteiger partial charge in [0.2, 0.25) is 0 Å². The molecule has 1 aromatic heterocycles. The van der Waals surface area contributed by atoms with Crippen molar-refractivity contribution in [2.24, 2.45) is 5.73 Å². The van der Waals surface area contributed by atoms with Crippen molar-refractivity contribution in [3.63, 3.8) is 0 Å². The van der Waals surface area contributed by atoms with E-state index in [-0.39, 0.29) is 6.42 Å².